The normalized spacial score (nSPS) is 21.9. The van der Waals surface area contributed by atoms with Gasteiger partial charge >= 0.3 is 0 Å². The van der Waals surface area contributed by atoms with Crippen LogP contribution < -0.4 is 15.2 Å². The zero-order valence-electron chi connectivity index (χ0n) is 13.7. The van der Waals surface area contributed by atoms with Crippen molar-refractivity contribution in [3.8, 4) is 11.5 Å². The van der Waals surface area contributed by atoms with E-state index in [4.69, 9.17) is 31.5 Å². The Morgan fingerprint density at radius 2 is 2.26 bits per heavy atom. The predicted octanol–water partition coefficient (Wildman–Crippen LogP) is 1.82. The highest BCUT2D eigenvalue weighted by atomic mass is 35.5. The van der Waals surface area contributed by atoms with Crippen LogP contribution in [0.4, 0.5) is 0 Å². The van der Waals surface area contributed by atoms with Gasteiger partial charge in [0.25, 0.3) is 0 Å². The molecule has 1 aliphatic heterocycles. The van der Waals surface area contributed by atoms with Gasteiger partial charge in [0.2, 0.25) is 5.91 Å². The molecule has 1 aromatic carbocycles. The summed E-state index contributed by atoms with van der Waals surface area (Å²) < 4.78 is 16.4. The number of nitrogens with zero attached hydrogens (tertiary/aromatic N) is 1. The number of ether oxygens (including phenoxy) is 3. The van der Waals surface area contributed by atoms with Gasteiger partial charge in [-0.15, -0.1) is 0 Å². The molecule has 0 aromatic heterocycles. The summed E-state index contributed by atoms with van der Waals surface area (Å²) in [7, 11) is 1.57. The first-order valence-electron chi connectivity index (χ1n) is 7.62. The summed E-state index contributed by atoms with van der Waals surface area (Å²) in [5.74, 6) is 0.717. The number of benzene rings is 1. The van der Waals surface area contributed by atoms with Crippen LogP contribution in [0.2, 0.25) is 5.02 Å². The van der Waals surface area contributed by atoms with Gasteiger partial charge in [0, 0.05) is 13.1 Å². The third-order valence-electron chi connectivity index (χ3n) is 3.85. The van der Waals surface area contributed by atoms with E-state index in [9.17, 15) is 4.79 Å². The van der Waals surface area contributed by atoms with Crippen molar-refractivity contribution in [2.24, 2.45) is 5.73 Å². The van der Waals surface area contributed by atoms with Crippen LogP contribution in [0, 0.1) is 0 Å². The van der Waals surface area contributed by atoms with Crippen molar-refractivity contribution in [2.45, 2.75) is 32.5 Å². The zero-order valence-corrected chi connectivity index (χ0v) is 14.4. The number of methoxy groups -OCH3 is 1. The second kappa shape index (κ2) is 7.86. The van der Waals surface area contributed by atoms with E-state index in [2.05, 4.69) is 0 Å². The van der Waals surface area contributed by atoms with E-state index in [1.807, 2.05) is 30.9 Å². The maximum atomic E-state index is 11.7. The average Bonchev–Trinajstić information content (AvgIpc) is 2.49. The first-order chi connectivity index (χ1) is 11.0. The molecule has 1 amide bonds. The fourth-order valence-electron chi connectivity index (χ4n) is 2.86. The van der Waals surface area contributed by atoms with Gasteiger partial charge in [-0.3, -0.25) is 9.69 Å². The van der Waals surface area contributed by atoms with Gasteiger partial charge in [0.1, 0.15) is 6.04 Å². The molecular weight excluding hydrogens is 320 g/mol. The van der Waals surface area contributed by atoms with Crippen molar-refractivity contribution in [3.05, 3.63) is 22.7 Å². The number of amides is 1. The van der Waals surface area contributed by atoms with Crippen LogP contribution in [-0.4, -0.2) is 49.8 Å². The molecule has 2 N–H and O–H groups in total. The van der Waals surface area contributed by atoms with E-state index in [1.54, 1.807) is 7.11 Å². The van der Waals surface area contributed by atoms with Crippen LogP contribution in [-0.2, 0) is 16.1 Å². The number of hydrogen-bond acceptors (Lipinski definition) is 5. The minimum absolute atomic E-state index is 0.235. The topological polar surface area (TPSA) is 74.0 Å². The zero-order chi connectivity index (χ0) is 17.0. The van der Waals surface area contributed by atoms with Gasteiger partial charge in [-0.05, 0) is 31.5 Å². The molecule has 0 bridgehead atoms. The van der Waals surface area contributed by atoms with Gasteiger partial charge in [-0.1, -0.05) is 11.6 Å². The lowest BCUT2D eigenvalue weighted by Crippen LogP contribution is -2.56. The monoisotopic (exact) mass is 342 g/mol. The van der Waals surface area contributed by atoms with Crippen molar-refractivity contribution in [3.63, 3.8) is 0 Å². The standard InChI is InChI=1S/C16H23ClN2O4/c1-4-22-15-12(17)7-11(8-13(15)21-3)9-19-5-6-23-10(2)14(19)16(18)20/h7-8,10,14H,4-6,9H2,1-3H3,(H2,18,20)/t10-,14+/m1/s1. The summed E-state index contributed by atoms with van der Waals surface area (Å²) in [6.45, 7) is 5.96. The molecule has 0 saturated carbocycles. The number of nitrogens with two attached hydrogens (primary N) is 1. The number of primary amides is 1. The Morgan fingerprint density at radius 3 is 2.87 bits per heavy atom. The molecule has 1 aromatic rings. The molecule has 2 atom stereocenters. The summed E-state index contributed by atoms with van der Waals surface area (Å²) in [6, 6.07) is 3.24. The van der Waals surface area contributed by atoms with Crippen LogP contribution in [0.5, 0.6) is 11.5 Å². The molecule has 1 aliphatic rings. The summed E-state index contributed by atoms with van der Waals surface area (Å²) in [4.78, 5) is 13.7. The van der Waals surface area contributed by atoms with Crippen LogP contribution in [0.15, 0.2) is 12.1 Å². The van der Waals surface area contributed by atoms with Crippen molar-refractivity contribution >= 4 is 17.5 Å². The Kier molecular flexibility index (Phi) is 6.10. The Balaban J connectivity index is 2.25. The van der Waals surface area contributed by atoms with Crippen molar-refractivity contribution in [2.75, 3.05) is 26.9 Å². The van der Waals surface area contributed by atoms with E-state index in [-0.39, 0.29) is 12.0 Å². The van der Waals surface area contributed by atoms with Gasteiger partial charge < -0.3 is 19.9 Å². The summed E-state index contributed by atoms with van der Waals surface area (Å²) in [5.41, 5.74) is 6.45. The van der Waals surface area contributed by atoms with Crippen molar-refractivity contribution < 1.29 is 19.0 Å². The first kappa shape index (κ1) is 17.8. The molecule has 0 radical (unpaired) electrons. The molecule has 6 nitrogen and oxygen atoms in total. The third-order valence-corrected chi connectivity index (χ3v) is 4.13. The van der Waals surface area contributed by atoms with E-state index in [1.165, 1.54) is 0 Å². The minimum atomic E-state index is -0.458. The Morgan fingerprint density at radius 1 is 1.52 bits per heavy atom. The SMILES string of the molecule is CCOc1c(Cl)cc(CN2CCO[C@H](C)[C@H]2C(N)=O)cc1OC. The second-order valence-corrected chi connectivity index (χ2v) is 5.84. The highest BCUT2D eigenvalue weighted by Crippen LogP contribution is 2.37. The molecule has 23 heavy (non-hydrogen) atoms. The van der Waals surface area contributed by atoms with Gasteiger partial charge in [-0.25, -0.2) is 0 Å². The van der Waals surface area contributed by atoms with E-state index >= 15 is 0 Å². The number of hydrogen-bond donors (Lipinski definition) is 1. The third kappa shape index (κ3) is 4.07. The highest BCUT2D eigenvalue weighted by molar-refractivity contribution is 6.32. The number of morpholine rings is 1. The quantitative estimate of drug-likeness (QED) is 0.853. The maximum absolute atomic E-state index is 11.7. The number of carbonyl (C=O) groups excluding carboxylic acids is 1. The fraction of sp³-hybridized carbons (Fsp3) is 0.562. The molecule has 2 rings (SSSR count). The molecule has 1 heterocycles. The Hall–Kier alpha value is -1.50. The smallest absolute Gasteiger partial charge is 0.237 e. The average molecular weight is 343 g/mol. The number of carbonyl (C=O) groups is 1. The lowest BCUT2D eigenvalue weighted by Gasteiger charge is -2.38. The highest BCUT2D eigenvalue weighted by Gasteiger charge is 2.33. The Labute approximate surface area is 141 Å². The summed E-state index contributed by atoms with van der Waals surface area (Å²) in [6.07, 6.45) is -0.235. The van der Waals surface area contributed by atoms with E-state index in [0.29, 0.717) is 42.8 Å². The van der Waals surface area contributed by atoms with Gasteiger partial charge in [-0.2, -0.15) is 0 Å². The predicted molar refractivity (Wildman–Crippen MR) is 88.0 cm³/mol. The first-order valence-corrected chi connectivity index (χ1v) is 7.99. The lowest BCUT2D eigenvalue weighted by molar-refractivity contribution is -0.136. The van der Waals surface area contributed by atoms with Crippen molar-refractivity contribution in [1.29, 1.82) is 0 Å². The van der Waals surface area contributed by atoms with Gasteiger partial charge in [0.15, 0.2) is 11.5 Å². The molecule has 0 unspecified atom stereocenters. The summed E-state index contributed by atoms with van der Waals surface area (Å²) >= 11 is 6.30. The van der Waals surface area contributed by atoms with Crippen LogP contribution in [0.1, 0.15) is 19.4 Å². The van der Waals surface area contributed by atoms with Crippen LogP contribution in [0.25, 0.3) is 0 Å². The molecule has 0 aliphatic carbocycles. The van der Waals surface area contributed by atoms with Gasteiger partial charge in [0.05, 0.1) is 31.5 Å². The Bertz CT molecular complexity index is 567. The van der Waals surface area contributed by atoms with E-state index in [0.717, 1.165) is 5.56 Å². The minimum Gasteiger partial charge on any atom is -0.493 e. The van der Waals surface area contributed by atoms with Crippen LogP contribution in [0.3, 0.4) is 0 Å². The van der Waals surface area contributed by atoms with Crippen molar-refractivity contribution in [1.82, 2.24) is 4.90 Å². The summed E-state index contributed by atoms with van der Waals surface area (Å²) in [5, 5.41) is 0.484. The number of rotatable bonds is 6. The molecule has 128 valence electrons. The molecule has 7 heteroatoms. The molecular formula is C16H23ClN2O4. The lowest BCUT2D eigenvalue weighted by atomic mass is 10.1. The fourth-order valence-corrected chi connectivity index (χ4v) is 3.14. The largest absolute Gasteiger partial charge is 0.493 e. The molecule has 0 spiro atoms. The maximum Gasteiger partial charge on any atom is 0.237 e. The molecule has 1 fully saturated rings. The van der Waals surface area contributed by atoms with E-state index < -0.39 is 6.04 Å². The van der Waals surface area contributed by atoms with Crippen LogP contribution >= 0.6 is 11.6 Å². The number of halogens is 1. The second-order valence-electron chi connectivity index (χ2n) is 5.44. The molecule has 1 saturated heterocycles.